The first-order valence-electron chi connectivity index (χ1n) is 6.21. The highest BCUT2D eigenvalue weighted by atomic mass is 16.3. The quantitative estimate of drug-likeness (QED) is 0.634. The molecule has 1 heterocycles. The third-order valence-corrected chi connectivity index (χ3v) is 3.05. The minimum absolute atomic E-state index is 0.0418. The van der Waals surface area contributed by atoms with Crippen molar-refractivity contribution in [2.75, 3.05) is 6.54 Å². The molecule has 0 aliphatic carbocycles. The predicted molar refractivity (Wildman–Crippen MR) is 74.2 cm³/mol. The fourth-order valence-electron chi connectivity index (χ4n) is 1.96. The molecule has 2 aromatic rings. The summed E-state index contributed by atoms with van der Waals surface area (Å²) in [5.74, 6) is -0.279. The summed E-state index contributed by atoms with van der Waals surface area (Å²) in [6.45, 7) is 1.29. The summed E-state index contributed by atoms with van der Waals surface area (Å²) in [6, 6.07) is 6.21. The Labute approximate surface area is 115 Å². The average molecular weight is 276 g/mol. The van der Waals surface area contributed by atoms with Gasteiger partial charge in [-0.25, -0.2) is 0 Å². The maximum absolute atomic E-state index is 11.6. The van der Waals surface area contributed by atoms with Crippen LogP contribution in [-0.4, -0.2) is 33.8 Å². The topological polar surface area (TPSA) is 102 Å². The molecule has 6 heteroatoms. The Kier molecular flexibility index (Phi) is 4.16. The van der Waals surface area contributed by atoms with Gasteiger partial charge in [-0.05, 0) is 17.7 Å². The molecule has 106 valence electrons. The number of aromatic amines is 1. The highest BCUT2D eigenvalue weighted by Gasteiger charge is 2.19. The van der Waals surface area contributed by atoms with Crippen LogP contribution in [0.5, 0.6) is 0 Å². The van der Waals surface area contributed by atoms with Crippen LogP contribution in [0.1, 0.15) is 18.6 Å². The minimum Gasteiger partial charge on any atom is -0.388 e. The molecule has 0 fully saturated rings. The van der Waals surface area contributed by atoms with Crippen molar-refractivity contribution in [2.45, 2.75) is 19.1 Å². The van der Waals surface area contributed by atoms with Gasteiger partial charge >= 0.3 is 0 Å². The van der Waals surface area contributed by atoms with Crippen molar-refractivity contribution in [3.05, 3.63) is 46.2 Å². The molecule has 0 aliphatic rings. The fourth-order valence-corrected chi connectivity index (χ4v) is 1.96. The zero-order valence-corrected chi connectivity index (χ0v) is 11.0. The van der Waals surface area contributed by atoms with E-state index in [-0.39, 0.29) is 17.9 Å². The van der Waals surface area contributed by atoms with E-state index in [0.29, 0.717) is 16.5 Å². The summed E-state index contributed by atoms with van der Waals surface area (Å²) in [5, 5.41) is 22.8. The Bertz CT molecular complexity index is 680. The number of aliphatic hydroxyl groups is 2. The van der Waals surface area contributed by atoms with Crippen LogP contribution in [-0.2, 0) is 4.79 Å². The Morgan fingerprint density at radius 1 is 1.35 bits per heavy atom. The number of aromatic nitrogens is 1. The van der Waals surface area contributed by atoms with Crippen molar-refractivity contribution < 1.29 is 15.0 Å². The lowest BCUT2D eigenvalue weighted by Gasteiger charge is -2.18. The van der Waals surface area contributed by atoms with Crippen molar-refractivity contribution in [3.8, 4) is 0 Å². The van der Waals surface area contributed by atoms with Crippen LogP contribution in [0.4, 0.5) is 0 Å². The molecule has 1 amide bonds. The van der Waals surface area contributed by atoms with Crippen LogP contribution in [0.25, 0.3) is 10.9 Å². The predicted octanol–water partition coefficient (Wildman–Crippen LogP) is 0.0585. The number of rotatable bonds is 4. The summed E-state index contributed by atoms with van der Waals surface area (Å²) >= 11 is 0. The first-order valence-corrected chi connectivity index (χ1v) is 6.21. The smallest absolute Gasteiger partial charge is 0.216 e. The highest BCUT2D eigenvalue weighted by Crippen LogP contribution is 2.19. The maximum Gasteiger partial charge on any atom is 0.216 e. The van der Waals surface area contributed by atoms with E-state index < -0.39 is 12.2 Å². The number of H-pyrrole nitrogens is 1. The Balaban J connectivity index is 2.24. The molecule has 2 unspecified atom stereocenters. The SMILES string of the molecule is CC(=O)NCC(O)C(O)c1ccc2c(=O)cc[nH]c2c1. The molecule has 4 N–H and O–H groups in total. The van der Waals surface area contributed by atoms with E-state index in [1.165, 1.54) is 19.2 Å². The van der Waals surface area contributed by atoms with Crippen LogP contribution >= 0.6 is 0 Å². The molecule has 2 rings (SSSR count). The molecular weight excluding hydrogens is 260 g/mol. The molecule has 20 heavy (non-hydrogen) atoms. The number of fused-ring (bicyclic) bond motifs is 1. The van der Waals surface area contributed by atoms with Crippen molar-refractivity contribution in [1.29, 1.82) is 0 Å². The van der Waals surface area contributed by atoms with E-state index in [1.807, 2.05) is 0 Å². The van der Waals surface area contributed by atoms with Crippen LogP contribution in [0.2, 0.25) is 0 Å². The van der Waals surface area contributed by atoms with E-state index in [9.17, 15) is 19.8 Å². The van der Waals surface area contributed by atoms with Gasteiger partial charge in [0.1, 0.15) is 12.2 Å². The number of pyridine rings is 1. The van der Waals surface area contributed by atoms with Crippen molar-refractivity contribution in [1.82, 2.24) is 10.3 Å². The van der Waals surface area contributed by atoms with Crippen LogP contribution in [0.3, 0.4) is 0 Å². The number of nitrogens with one attached hydrogen (secondary N) is 2. The van der Waals surface area contributed by atoms with E-state index in [1.54, 1.807) is 18.2 Å². The van der Waals surface area contributed by atoms with Gasteiger partial charge in [0, 0.05) is 36.6 Å². The van der Waals surface area contributed by atoms with Crippen LogP contribution < -0.4 is 10.7 Å². The number of benzene rings is 1. The molecule has 0 bridgehead atoms. The molecule has 1 aromatic carbocycles. The van der Waals surface area contributed by atoms with Gasteiger partial charge in [-0.1, -0.05) is 6.07 Å². The molecule has 6 nitrogen and oxygen atoms in total. The summed E-state index contributed by atoms with van der Waals surface area (Å²) in [5.41, 5.74) is 0.941. The normalized spacial score (nSPS) is 13.9. The summed E-state index contributed by atoms with van der Waals surface area (Å²) in [4.78, 5) is 25.3. The lowest BCUT2D eigenvalue weighted by molar-refractivity contribution is -0.119. The van der Waals surface area contributed by atoms with Gasteiger partial charge in [-0.2, -0.15) is 0 Å². The van der Waals surface area contributed by atoms with E-state index in [4.69, 9.17) is 0 Å². The van der Waals surface area contributed by atoms with E-state index in [2.05, 4.69) is 10.3 Å². The number of amides is 1. The Morgan fingerprint density at radius 3 is 2.80 bits per heavy atom. The molecular formula is C14H16N2O4. The molecule has 1 aromatic heterocycles. The third kappa shape index (κ3) is 3.04. The zero-order valence-electron chi connectivity index (χ0n) is 11.0. The summed E-state index contributed by atoms with van der Waals surface area (Å²) < 4.78 is 0. The number of hydrogen-bond acceptors (Lipinski definition) is 4. The second-order valence-electron chi connectivity index (χ2n) is 4.60. The van der Waals surface area contributed by atoms with Crippen LogP contribution in [0, 0.1) is 0 Å². The molecule has 0 radical (unpaired) electrons. The van der Waals surface area contributed by atoms with Gasteiger partial charge in [0.05, 0.1) is 0 Å². The lowest BCUT2D eigenvalue weighted by atomic mass is 10.0. The van der Waals surface area contributed by atoms with Crippen molar-refractivity contribution >= 4 is 16.8 Å². The number of aliphatic hydroxyl groups excluding tert-OH is 2. The van der Waals surface area contributed by atoms with Crippen molar-refractivity contribution in [3.63, 3.8) is 0 Å². The van der Waals surface area contributed by atoms with Gasteiger partial charge in [0.25, 0.3) is 0 Å². The third-order valence-electron chi connectivity index (χ3n) is 3.05. The van der Waals surface area contributed by atoms with E-state index >= 15 is 0 Å². The largest absolute Gasteiger partial charge is 0.388 e. The van der Waals surface area contributed by atoms with Gasteiger partial charge in [-0.15, -0.1) is 0 Å². The molecule has 2 atom stereocenters. The second kappa shape index (κ2) is 5.85. The van der Waals surface area contributed by atoms with Gasteiger partial charge in [0.2, 0.25) is 5.91 Å². The number of hydrogen-bond donors (Lipinski definition) is 4. The van der Waals surface area contributed by atoms with Gasteiger partial charge in [0.15, 0.2) is 5.43 Å². The standard InChI is InChI=1S/C14H16N2O4/c1-8(17)16-7-13(19)14(20)9-2-3-10-11(6-9)15-5-4-12(10)18/h2-6,13-14,19-20H,7H2,1H3,(H,15,18)(H,16,17). The average Bonchev–Trinajstić information content (AvgIpc) is 2.43. The summed E-state index contributed by atoms with van der Waals surface area (Å²) in [6.07, 6.45) is -0.740. The summed E-state index contributed by atoms with van der Waals surface area (Å²) in [7, 11) is 0. The molecule has 0 saturated heterocycles. The molecule has 0 saturated carbocycles. The van der Waals surface area contributed by atoms with Gasteiger partial charge in [-0.3, -0.25) is 9.59 Å². The Hall–Kier alpha value is -2.18. The monoisotopic (exact) mass is 276 g/mol. The maximum atomic E-state index is 11.6. The number of carbonyl (C=O) groups excluding carboxylic acids is 1. The van der Waals surface area contributed by atoms with Crippen LogP contribution in [0.15, 0.2) is 35.3 Å². The Morgan fingerprint density at radius 2 is 2.10 bits per heavy atom. The molecule has 0 spiro atoms. The minimum atomic E-state index is -1.14. The molecule has 0 aliphatic heterocycles. The zero-order chi connectivity index (χ0) is 14.7. The van der Waals surface area contributed by atoms with Gasteiger partial charge < -0.3 is 20.5 Å². The highest BCUT2D eigenvalue weighted by molar-refractivity contribution is 5.78. The lowest BCUT2D eigenvalue weighted by Crippen LogP contribution is -2.34. The fraction of sp³-hybridized carbons (Fsp3) is 0.286. The van der Waals surface area contributed by atoms with Crippen molar-refractivity contribution in [2.24, 2.45) is 0 Å². The second-order valence-corrected chi connectivity index (χ2v) is 4.60. The van der Waals surface area contributed by atoms with E-state index in [0.717, 1.165) is 0 Å². The first kappa shape index (κ1) is 14.2. The first-order chi connectivity index (χ1) is 9.49. The number of carbonyl (C=O) groups is 1.